The summed E-state index contributed by atoms with van der Waals surface area (Å²) >= 11 is 5.52. The molecule has 1 aromatic rings. The molecule has 0 saturated heterocycles. The second-order valence-electron chi connectivity index (χ2n) is 3.38. The lowest BCUT2D eigenvalue weighted by Gasteiger charge is -2.10. The summed E-state index contributed by atoms with van der Waals surface area (Å²) in [4.78, 5) is 22.3. The molecule has 0 radical (unpaired) electrons. The highest BCUT2D eigenvalue weighted by atomic mass is 35.5. The van der Waals surface area contributed by atoms with Crippen LogP contribution in [0.1, 0.15) is 30.8 Å². The average molecular weight is 230 g/mol. The van der Waals surface area contributed by atoms with Crippen molar-refractivity contribution in [1.82, 2.24) is 5.32 Å². The van der Waals surface area contributed by atoms with Gasteiger partial charge in [0.25, 0.3) is 5.91 Å². The second-order valence-corrected chi connectivity index (χ2v) is 3.76. The zero-order chi connectivity index (χ0) is 11.4. The Kier molecular flexibility index (Phi) is 3.91. The molecule has 0 fully saturated rings. The number of halogens is 1. The molecule has 1 aromatic heterocycles. The Morgan fingerprint density at radius 1 is 1.53 bits per heavy atom. The Morgan fingerprint density at radius 2 is 2.20 bits per heavy atom. The van der Waals surface area contributed by atoms with E-state index in [1.807, 2.05) is 0 Å². The summed E-state index contributed by atoms with van der Waals surface area (Å²) in [7, 11) is 0. The SMILES string of the molecule is CC(=O)CC(C)NC(=O)c1ccc(Cl)o1. The lowest BCUT2D eigenvalue weighted by Crippen LogP contribution is -2.33. The van der Waals surface area contributed by atoms with E-state index in [0.717, 1.165) is 0 Å². The Balaban J connectivity index is 2.52. The minimum atomic E-state index is -0.365. The van der Waals surface area contributed by atoms with Gasteiger partial charge in [-0.3, -0.25) is 9.59 Å². The zero-order valence-corrected chi connectivity index (χ0v) is 9.30. The van der Waals surface area contributed by atoms with Gasteiger partial charge in [-0.25, -0.2) is 0 Å². The molecule has 0 aliphatic heterocycles. The predicted molar refractivity (Wildman–Crippen MR) is 55.9 cm³/mol. The first-order chi connectivity index (χ1) is 6.99. The van der Waals surface area contributed by atoms with Gasteiger partial charge in [-0.1, -0.05) is 0 Å². The van der Waals surface area contributed by atoms with Crippen molar-refractivity contribution < 1.29 is 14.0 Å². The third-order valence-electron chi connectivity index (χ3n) is 1.77. The van der Waals surface area contributed by atoms with Crippen LogP contribution in [-0.2, 0) is 4.79 Å². The number of hydrogen-bond donors (Lipinski definition) is 1. The highest BCUT2D eigenvalue weighted by Crippen LogP contribution is 2.13. The zero-order valence-electron chi connectivity index (χ0n) is 8.54. The molecule has 1 atom stereocenters. The van der Waals surface area contributed by atoms with Crippen LogP contribution in [-0.4, -0.2) is 17.7 Å². The molecule has 1 heterocycles. The summed E-state index contributed by atoms with van der Waals surface area (Å²) in [6, 6.07) is 2.77. The van der Waals surface area contributed by atoms with Crippen LogP contribution >= 0.6 is 11.6 Å². The number of carbonyl (C=O) groups excluding carboxylic acids is 2. The first-order valence-corrected chi connectivity index (χ1v) is 4.92. The van der Waals surface area contributed by atoms with Crippen LogP contribution < -0.4 is 5.32 Å². The predicted octanol–water partition coefficient (Wildman–Crippen LogP) is 2.03. The van der Waals surface area contributed by atoms with E-state index >= 15 is 0 Å². The molecule has 1 unspecified atom stereocenters. The lowest BCUT2D eigenvalue weighted by molar-refractivity contribution is -0.117. The fourth-order valence-corrected chi connectivity index (χ4v) is 1.36. The normalized spacial score (nSPS) is 12.2. The van der Waals surface area contributed by atoms with Crippen molar-refractivity contribution in [3.63, 3.8) is 0 Å². The first kappa shape index (κ1) is 11.8. The highest BCUT2D eigenvalue weighted by Gasteiger charge is 2.14. The number of carbonyl (C=O) groups is 2. The minimum Gasteiger partial charge on any atom is -0.440 e. The Bertz CT molecular complexity index is 372. The van der Waals surface area contributed by atoms with Crippen LogP contribution in [0, 0.1) is 0 Å². The maximum atomic E-state index is 11.5. The van der Waals surface area contributed by atoms with E-state index in [2.05, 4.69) is 5.32 Å². The Hall–Kier alpha value is -1.29. The van der Waals surface area contributed by atoms with Gasteiger partial charge in [0, 0.05) is 12.5 Å². The van der Waals surface area contributed by atoms with Gasteiger partial charge in [-0.05, 0) is 37.6 Å². The van der Waals surface area contributed by atoms with Gasteiger partial charge in [0.15, 0.2) is 11.0 Å². The molecular weight excluding hydrogens is 218 g/mol. The van der Waals surface area contributed by atoms with E-state index in [0.29, 0.717) is 6.42 Å². The van der Waals surface area contributed by atoms with Gasteiger partial charge in [-0.2, -0.15) is 0 Å². The maximum Gasteiger partial charge on any atom is 0.287 e. The molecule has 15 heavy (non-hydrogen) atoms. The van der Waals surface area contributed by atoms with Gasteiger partial charge in [0.05, 0.1) is 0 Å². The average Bonchev–Trinajstić information content (AvgIpc) is 2.49. The molecule has 82 valence electrons. The van der Waals surface area contributed by atoms with Crippen molar-refractivity contribution in [2.24, 2.45) is 0 Å². The topological polar surface area (TPSA) is 59.3 Å². The number of furan rings is 1. The summed E-state index contributed by atoms with van der Waals surface area (Å²) in [6.45, 7) is 3.23. The molecule has 0 aliphatic rings. The molecule has 0 saturated carbocycles. The van der Waals surface area contributed by atoms with E-state index in [4.69, 9.17) is 16.0 Å². The third-order valence-corrected chi connectivity index (χ3v) is 1.97. The lowest BCUT2D eigenvalue weighted by atomic mass is 10.2. The molecular formula is C10H12ClNO3. The molecule has 0 spiro atoms. The van der Waals surface area contributed by atoms with Gasteiger partial charge in [-0.15, -0.1) is 0 Å². The van der Waals surface area contributed by atoms with Crippen LogP contribution in [0.5, 0.6) is 0 Å². The third kappa shape index (κ3) is 3.75. The molecule has 0 bridgehead atoms. The number of nitrogens with one attached hydrogen (secondary N) is 1. The first-order valence-electron chi connectivity index (χ1n) is 4.54. The van der Waals surface area contributed by atoms with E-state index < -0.39 is 0 Å². The molecule has 1 N–H and O–H groups in total. The summed E-state index contributed by atoms with van der Waals surface area (Å²) < 4.78 is 4.92. The monoisotopic (exact) mass is 229 g/mol. The van der Waals surface area contributed by atoms with Crippen molar-refractivity contribution in [2.45, 2.75) is 26.3 Å². The molecule has 4 nitrogen and oxygen atoms in total. The highest BCUT2D eigenvalue weighted by molar-refractivity contribution is 6.29. The van der Waals surface area contributed by atoms with Crippen molar-refractivity contribution in [3.8, 4) is 0 Å². The number of amides is 1. The number of Topliss-reactive ketones (excluding diaryl/α,β-unsaturated/α-hetero) is 1. The summed E-state index contributed by atoms with van der Waals surface area (Å²) in [6.07, 6.45) is 0.306. The van der Waals surface area contributed by atoms with Crippen molar-refractivity contribution in [3.05, 3.63) is 23.1 Å². The van der Waals surface area contributed by atoms with Gasteiger partial charge >= 0.3 is 0 Å². The Labute approximate surface area is 92.6 Å². The largest absolute Gasteiger partial charge is 0.440 e. The van der Waals surface area contributed by atoms with Crippen molar-refractivity contribution in [1.29, 1.82) is 0 Å². The fourth-order valence-electron chi connectivity index (χ4n) is 1.21. The molecule has 0 aliphatic carbocycles. The number of rotatable bonds is 4. The van der Waals surface area contributed by atoms with E-state index in [9.17, 15) is 9.59 Å². The van der Waals surface area contributed by atoms with Gasteiger partial charge in [0.2, 0.25) is 0 Å². The van der Waals surface area contributed by atoms with Crippen LogP contribution in [0.4, 0.5) is 0 Å². The molecule has 5 heteroatoms. The van der Waals surface area contributed by atoms with Crippen molar-refractivity contribution >= 4 is 23.3 Å². The molecule has 1 amide bonds. The van der Waals surface area contributed by atoms with Gasteiger partial charge in [0.1, 0.15) is 5.78 Å². The van der Waals surface area contributed by atoms with Crippen LogP contribution in [0.25, 0.3) is 0 Å². The maximum absolute atomic E-state index is 11.5. The van der Waals surface area contributed by atoms with Crippen LogP contribution in [0.2, 0.25) is 5.22 Å². The molecule has 1 rings (SSSR count). The molecule has 0 aromatic carbocycles. The summed E-state index contributed by atoms with van der Waals surface area (Å²) in [5.41, 5.74) is 0. The van der Waals surface area contributed by atoms with Gasteiger partial charge < -0.3 is 9.73 Å². The smallest absolute Gasteiger partial charge is 0.287 e. The number of hydrogen-bond acceptors (Lipinski definition) is 3. The van der Waals surface area contributed by atoms with E-state index in [1.165, 1.54) is 19.1 Å². The van der Waals surface area contributed by atoms with Crippen molar-refractivity contribution in [2.75, 3.05) is 0 Å². The second kappa shape index (κ2) is 4.98. The summed E-state index contributed by atoms with van der Waals surface area (Å²) in [5, 5.41) is 2.79. The fraction of sp³-hybridized carbons (Fsp3) is 0.400. The minimum absolute atomic E-state index is 0.0280. The van der Waals surface area contributed by atoms with Crippen LogP contribution in [0.15, 0.2) is 16.5 Å². The summed E-state index contributed by atoms with van der Waals surface area (Å²) in [5.74, 6) is -0.189. The quantitative estimate of drug-likeness (QED) is 0.860. The van der Waals surface area contributed by atoms with Crippen LogP contribution in [0.3, 0.4) is 0 Å². The number of ketones is 1. The van der Waals surface area contributed by atoms with E-state index in [-0.39, 0.29) is 28.7 Å². The standard InChI is InChI=1S/C10H12ClNO3/c1-6(5-7(2)13)12-10(14)8-3-4-9(11)15-8/h3-4,6H,5H2,1-2H3,(H,12,14). The van der Waals surface area contributed by atoms with E-state index in [1.54, 1.807) is 6.92 Å². The Morgan fingerprint density at radius 3 is 2.67 bits per heavy atom.